The molecule has 0 saturated carbocycles. The van der Waals surface area contributed by atoms with Crippen molar-refractivity contribution in [2.24, 2.45) is 0 Å². The Morgan fingerprint density at radius 1 is 1.40 bits per heavy atom. The Kier molecular flexibility index (Phi) is 25.6. The summed E-state index contributed by atoms with van der Waals surface area (Å²) in [5.74, 6) is -0.745. The van der Waals surface area contributed by atoms with Crippen LogP contribution in [-0.4, -0.2) is 22.8 Å². The van der Waals surface area contributed by atoms with Crippen molar-refractivity contribution < 1.29 is 15.0 Å². The number of hydrogen-bond acceptors (Lipinski definition) is 2. The molecule has 2 N–H and O–H groups in total. The zero-order valence-electron chi connectivity index (χ0n) is 5.92. The van der Waals surface area contributed by atoms with E-state index in [-0.39, 0.29) is 13.8 Å². The fraction of sp³-hybridized carbons (Fsp3) is 0.857. The van der Waals surface area contributed by atoms with Crippen molar-refractivity contribution in [1.29, 1.82) is 0 Å². The quantitative estimate of drug-likeness (QED) is 0.627. The van der Waals surface area contributed by atoms with Crippen LogP contribution in [0.2, 0.25) is 0 Å². The van der Waals surface area contributed by atoms with Gasteiger partial charge in [-0.25, -0.2) is 0 Å². The molecule has 3 nitrogen and oxygen atoms in total. The molecule has 0 fully saturated rings. The number of aliphatic carboxylic acids is 1. The van der Waals surface area contributed by atoms with Crippen LogP contribution in [0.3, 0.4) is 0 Å². The maximum absolute atomic E-state index is 9.37. The molecular weight excluding hydrogens is 132 g/mol. The largest absolute Gasteiger partial charge is 0.481 e. The Hall–Kier alpha value is -0.570. The van der Waals surface area contributed by atoms with Crippen molar-refractivity contribution in [1.82, 2.24) is 0 Å². The van der Waals surface area contributed by atoms with E-state index in [2.05, 4.69) is 0 Å². The highest BCUT2D eigenvalue weighted by Crippen LogP contribution is 1.67. The first-order chi connectivity index (χ1) is 4.18. The van der Waals surface area contributed by atoms with Crippen molar-refractivity contribution in [2.75, 3.05) is 6.61 Å². The van der Waals surface area contributed by atoms with Crippen LogP contribution in [0.4, 0.5) is 0 Å². The van der Waals surface area contributed by atoms with Gasteiger partial charge in [0.05, 0.1) is 0 Å². The summed E-state index contributed by atoms with van der Waals surface area (Å²) in [5, 5.41) is 15.6. The summed E-state index contributed by atoms with van der Waals surface area (Å²) in [6, 6.07) is 0. The van der Waals surface area contributed by atoms with Gasteiger partial charge in [0.15, 0.2) is 0 Å². The number of aliphatic hydroxyl groups is 1. The van der Waals surface area contributed by atoms with Gasteiger partial charge < -0.3 is 10.2 Å². The Morgan fingerprint density at radius 3 is 1.60 bits per heavy atom. The van der Waals surface area contributed by atoms with E-state index in [9.17, 15) is 4.79 Å². The Morgan fingerprint density at radius 2 is 1.60 bits per heavy atom. The molecule has 0 rings (SSSR count). The second kappa shape index (κ2) is 15.8. The normalized spacial score (nSPS) is 6.70. The van der Waals surface area contributed by atoms with Gasteiger partial charge >= 0.3 is 5.97 Å². The molecule has 0 spiro atoms. The highest BCUT2D eigenvalue weighted by atomic mass is 16.4. The summed E-state index contributed by atoms with van der Waals surface area (Å²) >= 11 is 0. The second-order valence-corrected chi connectivity index (χ2v) is 1.47. The molecule has 0 aromatic carbocycles. The summed E-state index contributed by atoms with van der Waals surface area (Å²) < 4.78 is 0. The van der Waals surface area contributed by atoms with E-state index in [1.165, 1.54) is 0 Å². The predicted octanol–water partition coefficient (Wildman–Crippen LogP) is 1.51. The third-order valence-corrected chi connectivity index (χ3v) is 0.526. The molecule has 0 aliphatic carbocycles. The molecule has 0 unspecified atom stereocenters. The number of carbonyl (C=O) groups is 1. The summed E-state index contributed by atoms with van der Waals surface area (Å²) in [5.41, 5.74) is 0. The summed E-state index contributed by atoms with van der Waals surface area (Å²) in [4.78, 5) is 9.37. The van der Waals surface area contributed by atoms with Crippen molar-refractivity contribution in [3.05, 3.63) is 0 Å². The van der Waals surface area contributed by atoms with Gasteiger partial charge in [-0.3, -0.25) is 4.79 Å². The third-order valence-electron chi connectivity index (χ3n) is 0.526. The van der Waals surface area contributed by atoms with Gasteiger partial charge in [-0.1, -0.05) is 21.3 Å². The van der Waals surface area contributed by atoms with Gasteiger partial charge in [0, 0.05) is 13.0 Å². The molecule has 0 aliphatic heterocycles. The van der Waals surface area contributed by atoms with Crippen molar-refractivity contribution >= 4 is 5.97 Å². The van der Waals surface area contributed by atoms with E-state index >= 15 is 0 Å². The predicted molar refractivity (Wildman–Crippen MR) is 42.0 cm³/mol. The number of carboxylic acid groups (broad SMARTS) is 1. The lowest BCUT2D eigenvalue weighted by Gasteiger charge is -1.71. The molecule has 0 aromatic rings. The lowest BCUT2D eigenvalue weighted by atomic mass is 10.5. The van der Waals surface area contributed by atoms with Gasteiger partial charge in [0.25, 0.3) is 0 Å². The van der Waals surface area contributed by atoms with Crippen LogP contribution in [0.1, 0.15) is 34.1 Å². The van der Waals surface area contributed by atoms with E-state index in [1.807, 2.05) is 6.92 Å². The van der Waals surface area contributed by atoms with Crippen molar-refractivity contribution in [2.45, 2.75) is 34.1 Å². The van der Waals surface area contributed by atoms with E-state index in [4.69, 9.17) is 10.2 Å². The first kappa shape index (κ1) is 16.2. The van der Waals surface area contributed by atoms with E-state index < -0.39 is 5.97 Å². The van der Waals surface area contributed by atoms with Crippen molar-refractivity contribution in [3.8, 4) is 0 Å². The maximum Gasteiger partial charge on any atom is 0.303 e. The van der Waals surface area contributed by atoms with Crippen LogP contribution >= 0.6 is 0 Å². The van der Waals surface area contributed by atoms with Crippen LogP contribution < -0.4 is 0 Å². The number of carboxylic acids is 1. The summed E-state index contributed by atoms with van der Waals surface area (Å²) in [6.07, 6.45) is 1.10. The van der Waals surface area contributed by atoms with Crippen molar-refractivity contribution in [3.63, 3.8) is 0 Å². The second-order valence-electron chi connectivity index (χ2n) is 1.47. The lowest BCUT2D eigenvalue weighted by Crippen LogP contribution is -1.86. The molecule has 0 aliphatic rings. The molecule has 0 saturated heterocycles. The van der Waals surface area contributed by atoms with Gasteiger partial charge in [-0.05, 0) is 6.42 Å². The lowest BCUT2D eigenvalue weighted by molar-refractivity contribution is -0.136. The average molecular weight is 150 g/mol. The zero-order valence-corrected chi connectivity index (χ0v) is 5.92. The minimum Gasteiger partial charge on any atom is -0.481 e. The van der Waals surface area contributed by atoms with Crippen LogP contribution in [0.15, 0.2) is 0 Å². The average Bonchev–Trinajstić information content (AvgIpc) is 1.89. The smallest absolute Gasteiger partial charge is 0.303 e. The molecule has 3 heteroatoms. The minimum atomic E-state index is -0.745. The molecule has 0 radical (unpaired) electrons. The standard InChI is InChI=1S/C3H6O2.C3H8O.CH4/c1-2-3(4)5;1-2-3-4;/h2H2,1H3,(H,4,5);4H,2-3H2,1H3;1H4. The van der Waals surface area contributed by atoms with Gasteiger partial charge in [-0.2, -0.15) is 0 Å². The van der Waals surface area contributed by atoms with E-state index in [0.29, 0.717) is 6.61 Å². The number of hydrogen-bond donors (Lipinski definition) is 2. The monoisotopic (exact) mass is 150 g/mol. The highest BCUT2D eigenvalue weighted by molar-refractivity contribution is 5.66. The molecular formula is C7H18O3. The Bertz CT molecular complexity index is 59.9. The van der Waals surface area contributed by atoms with Gasteiger partial charge in [0.2, 0.25) is 0 Å². The topological polar surface area (TPSA) is 57.5 Å². The summed E-state index contributed by atoms with van der Waals surface area (Å²) in [6.45, 7) is 3.85. The SMILES string of the molecule is C.CCC(=O)O.CCCO. The molecule has 0 bridgehead atoms. The molecule has 0 atom stereocenters. The Labute approximate surface area is 62.7 Å². The van der Waals surface area contributed by atoms with Crippen LogP contribution in [-0.2, 0) is 4.79 Å². The fourth-order valence-electron chi connectivity index (χ4n) is 0. The van der Waals surface area contributed by atoms with Gasteiger partial charge in [0.1, 0.15) is 0 Å². The minimum absolute atomic E-state index is 0. The van der Waals surface area contributed by atoms with Crippen LogP contribution in [0.5, 0.6) is 0 Å². The number of rotatable bonds is 2. The molecule has 64 valence electrons. The summed E-state index contributed by atoms with van der Waals surface area (Å²) in [7, 11) is 0. The highest BCUT2D eigenvalue weighted by Gasteiger charge is 1.80. The maximum atomic E-state index is 9.37. The van der Waals surface area contributed by atoms with E-state index in [0.717, 1.165) is 6.42 Å². The van der Waals surface area contributed by atoms with Crippen LogP contribution in [0.25, 0.3) is 0 Å². The van der Waals surface area contributed by atoms with Crippen LogP contribution in [0, 0.1) is 0 Å². The number of aliphatic hydroxyl groups excluding tert-OH is 1. The fourth-order valence-corrected chi connectivity index (χ4v) is 0. The molecule has 0 aromatic heterocycles. The molecule has 0 heterocycles. The first-order valence-corrected chi connectivity index (χ1v) is 3.01. The Balaban J connectivity index is -0.0000000910. The zero-order chi connectivity index (χ0) is 7.70. The first-order valence-electron chi connectivity index (χ1n) is 3.01. The van der Waals surface area contributed by atoms with E-state index in [1.54, 1.807) is 6.92 Å². The third kappa shape index (κ3) is 52.0. The molecule has 0 amide bonds. The molecule has 10 heavy (non-hydrogen) atoms. The van der Waals surface area contributed by atoms with Gasteiger partial charge in [-0.15, -0.1) is 0 Å².